The number of hydrogen-bond acceptors (Lipinski definition) is 3. The van der Waals surface area contributed by atoms with Crippen molar-refractivity contribution in [1.82, 2.24) is 4.98 Å². The zero-order valence-electron chi connectivity index (χ0n) is 6.58. The van der Waals surface area contributed by atoms with E-state index in [1.807, 2.05) is 12.1 Å². The molecule has 1 aromatic heterocycles. The van der Waals surface area contributed by atoms with Gasteiger partial charge in [-0.1, -0.05) is 0 Å². The molecule has 0 spiro atoms. The molecule has 0 amide bonds. The molecule has 0 saturated carbocycles. The Morgan fingerprint density at radius 1 is 1.64 bits per heavy atom. The molecule has 0 aliphatic heterocycles. The first-order chi connectivity index (χ1) is 5.36. The number of aromatic nitrogens is 1. The van der Waals surface area contributed by atoms with Crippen molar-refractivity contribution in [3.05, 3.63) is 29.6 Å². The quantitative estimate of drug-likeness (QED) is 0.693. The minimum atomic E-state index is 0.549. The van der Waals surface area contributed by atoms with Crippen LogP contribution in [0.5, 0.6) is 0 Å². The second-order valence-electron chi connectivity index (χ2n) is 2.29. The highest BCUT2D eigenvalue weighted by atomic mass is 16.5. The van der Waals surface area contributed by atoms with Gasteiger partial charge in [-0.05, 0) is 17.7 Å². The summed E-state index contributed by atoms with van der Waals surface area (Å²) in [6, 6.07) is 3.85. The minimum absolute atomic E-state index is 0.549. The van der Waals surface area contributed by atoms with E-state index in [1.54, 1.807) is 13.3 Å². The van der Waals surface area contributed by atoms with Gasteiger partial charge in [0.2, 0.25) is 0 Å². The Morgan fingerprint density at radius 3 is 3.09 bits per heavy atom. The van der Waals surface area contributed by atoms with Crippen LogP contribution in [0.2, 0.25) is 0 Å². The lowest BCUT2D eigenvalue weighted by Crippen LogP contribution is -1.99. The van der Waals surface area contributed by atoms with Gasteiger partial charge in [0, 0.05) is 19.9 Å². The Hall–Kier alpha value is -0.930. The maximum Gasteiger partial charge on any atom is 0.0884 e. The molecule has 0 radical (unpaired) electrons. The zero-order valence-corrected chi connectivity index (χ0v) is 6.58. The van der Waals surface area contributed by atoms with Crippen LogP contribution < -0.4 is 5.73 Å². The van der Waals surface area contributed by atoms with Crippen LogP contribution in [-0.2, 0) is 17.9 Å². The van der Waals surface area contributed by atoms with Crippen LogP contribution in [-0.4, -0.2) is 12.1 Å². The first kappa shape index (κ1) is 8.17. The average Bonchev–Trinajstić information content (AvgIpc) is 2.06. The smallest absolute Gasteiger partial charge is 0.0884 e. The molecule has 60 valence electrons. The molecule has 1 heterocycles. The van der Waals surface area contributed by atoms with Gasteiger partial charge in [0.05, 0.1) is 12.3 Å². The lowest BCUT2D eigenvalue weighted by atomic mass is 10.2. The first-order valence-electron chi connectivity index (χ1n) is 3.49. The predicted molar refractivity (Wildman–Crippen MR) is 42.8 cm³/mol. The SMILES string of the molecule is COCc1cc(CN)ccn1. The zero-order chi connectivity index (χ0) is 8.10. The van der Waals surface area contributed by atoms with Crippen LogP contribution in [0.4, 0.5) is 0 Å². The molecule has 0 saturated heterocycles. The van der Waals surface area contributed by atoms with Gasteiger partial charge in [-0.25, -0.2) is 0 Å². The summed E-state index contributed by atoms with van der Waals surface area (Å²) < 4.78 is 4.92. The Kier molecular flexibility index (Phi) is 3.01. The summed E-state index contributed by atoms with van der Waals surface area (Å²) in [6.45, 7) is 1.10. The summed E-state index contributed by atoms with van der Waals surface area (Å²) in [4.78, 5) is 4.10. The monoisotopic (exact) mass is 152 g/mol. The van der Waals surface area contributed by atoms with Crippen molar-refractivity contribution >= 4 is 0 Å². The lowest BCUT2D eigenvalue weighted by molar-refractivity contribution is 0.181. The normalized spacial score (nSPS) is 10.0. The highest BCUT2D eigenvalue weighted by Crippen LogP contribution is 2.01. The van der Waals surface area contributed by atoms with Crippen molar-refractivity contribution in [3.63, 3.8) is 0 Å². The topological polar surface area (TPSA) is 48.1 Å². The summed E-state index contributed by atoms with van der Waals surface area (Å²) in [5.74, 6) is 0. The number of nitrogens with two attached hydrogens (primary N) is 1. The third-order valence-corrected chi connectivity index (χ3v) is 1.41. The van der Waals surface area contributed by atoms with Crippen LogP contribution >= 0.6 is 0 Å². The average molecular weight is 152 g/mol. The third kappa shape index (κ3) is 2.29. The molecule has 0 fully saturated rings. The van der Waals surface area contributed by atoms with Crippen LogP contribution in [0.15, 0.2) is 18.3 Å². The Bertz CT molecular complexity index is 225. The lowest BCUT2D eigenvalue weighted by Gasteiger charge is -2.00. The summed E-state index contributed by atoms with van der Waals surface area (Å²) >= 11 is 0. The summed E-state index contributed by atoms with van der Waals surface area (Å²) in [7, 11) is 1.65. The molecule has 0 bridgehead atoms. The van der Waals surface area contributed by atoms with Gasteiger partial charge in [-0.3, -0.25) is 4.98 Å². The van der Waals surface area contributed by atoms with E-state index in [0.29, 0.717) is 13.2 Å². The molecule has 0 aromatic carbocycles. The molecule has 0 atom stereocenters. The van der Waals surface area contributed by atoms with E-state index in [2.05, 4.69) is 4.98 Å². The van der Waals surface area contributed by atoms with Crippen LogP contribution in [0.1, 0.15) is 11.3 Å². The van der Waals surface area contributed by atoms with E-state index in [9.17, 15) is 0 Å². The summed E-state index contributed by atoms with van der Waals surface area (Å²) in [5, 5.41) is 0. The number of nitrogens with zero attached hydrogens (tertiary/aromatic N) is 1. The summed E-state index contributed by atoms with van der Waals surface area (Å²) in [6.07, 6.45) is 1.75. The van der Waals surface area contributed by atoms with E-state index in [0.717, 1.165) is 11.3 Å². The van der Waals surface area contributed by atoms with E-state index in [-0.39, 0.29) is 0 Å². The second kappa shape index (κ2) is 4.05. The highest BCUT2D eigenvalue weighted by molar-refractivity contribution is 5.15. The Labute approximate surface area is 66.2 Å². The van der Waals surface area contributed by atoms with Crippen LogP contribution in [0.25, 0.3) is 0 Å². The standard InChI is InChI=1S/C8H12N2O/c1-11-6-8-4-7(5-9)2-3-10-8/h2-4H,5-6,9H2,1H3. The molecule has 0 aliphatic carbocycles. The van der Waals surface area contributed by atoms with Gasteiger partial charge in [0.1, 0.15) is 0 Å². The van der Waals surface area contributed by atoms with Gasteiger partial charge >= 0.3 is 0 Å². The molecule has 0 aliphatic rings. The number of hydrogen-bond donors (Lipinski definition) is 1. The van der Waals surface area contributed by atoms with Crippen molar-refractivity contribution in [2.24, 2.45) is 5.73 Å². The van der Waals surface area contributed by atoms with Gasteiger partial charge < -0.3 is 10.5 Å². The van der Waals surface area contributed by atoms with Gasteiger partial charge in [0.15, 0.2) is 0 Å². The van der Waals surface area contributed by atoms with Crippen LogP contribution in [0.3, 0.4) is 0 Å². The number of methoxy groups -OCH3 is 1. The molecule has 0 unspecified atom stereocenters. The summed E-state index contributed by atoms with van der Waals surface area (Å²) in [5.41, 5.74) is 7.46. The van der Waals surface area contributed by atoms with Gasteiger partial charge in [0.25, 0.3) is 0 Å². The molecular formula is C8H12N2O. The maximum atomic E-state index is 5.45. The number of ether oxygens (including phenoxy) is 1. The van der Waals surface area contributed by atoms with Gasteiger partial charge in [-0.2, -0.15) is 0 Å². The second-order valence-corrected chi connectivity index (χ2v) is 2.29. The van der Waals surface area contributed by atoms with E-state index >= 15 is 0 Å². The third-order valence-electron chi connectivity index (χ3n) is 1.41. The number of rotatable bonds is 3. The van der Waals surface area contributed by atoms with Crippen molar-refractivity contribution < 1.29 is 4.74 Å². The molecule has 3 heteroatoms. The Morgan fingerprint density at radius 2 is 2.45 bits per heavy atom. The fourth-order valence-corrected chi connectivity index (χ4v) is 0.882. The minimum Gasteiger partial charge on any atom is -0.378 e. The van der Waals surface area contributed by atoms with Gasteiger partial charge in [-0.15, -0.1) is 0 Å². The Balaban J connectivity index is 2.74. The molecule has 11 heavy (non-hydrogen) atoms. The fourth-order valence-electron chi connectivity index (χ4n) is 0.882. The molecule has 1 aromatic rings. The fraction of sp³-hybridized carbons (Fsp3) is 0.375. The van der Waals surface area contributed by atoms with Crippen molar-refractivity contribution in [1.29, 1.82) is 0 Å². The highest BCUT2D eigenvalue weighted by Gasteiger charge is 1.93. The van der Waals surface area contributed by atoms with Crippen molar-refractivity contribution in [2.75, 3.05) is 7.11 Å². The van der Waals surface area contributed by atoms with E-state index in [4.69, 9.17) is 10.5 Å². The maximum absolute atomic E-state index is 5.45. The number of pyridine rings is 1. The van der Waals surface area contributed by atoms with E-state index in [1.165, 1.54) is 0 Å². The van der Waals surface area contributed by atoms with Crippen molar-refractivity contribution in [2.45, 2.75) is 13.2 Å². The largest absolute Gasteiger partial charge is 0.378 e. The molecule has 1 rings (SSSR count). The molecular weight excluding hydrogens is 140 g/mol. The first-order valence-corrected chi connectivity index (χ1v) is 3.49. The van der Waals surface area contributed by atoms with Crippen LogP contribution in [0, 0.1) is 0 Å². The van der Waals surface area contributed by atoms with Crippen molar-refractivity contribution in [3.8, 4) is 0 Å². The van der Waals surface area contributed by atoms with E-state index < -0.39 is 0 Å². The molecule has 2 N–H and O–H groups in total. The predicted octanol–water partition coefficient (Wildman–Crippen LogP) is 0.687. The molecule has 3 nitrogen and oxygen atoms in total.